The van der Waals surface area contributed by atoms with Crippen LogP contribution in [0.5, 0.6) is 11.5 Å². The van der Waals surface area contributed by atoms with Gasteiger partial charge in [0.05, 0.1) is 23.9 Å². The molecule has 0 aliphatic heterocycles. The Labute approximate surface area is 224 Å². The molecule has 0 saturated carbocycles. The second kappa shape index (κ2) is 11.5. The van der Waals surface area contributed by atoms with Gasteiger partial charge in [-0.1, -0.05) is 59.1 Å². The van der Waals surface area contributed by atoms with Gasteiger partial charge in [0.2, 0.25) is 0 Å². The average Bonchev–Trinajstić information content (AvgIpc) is 3.26. The molecule has 0 aliphatic rings. The number of aromatic hydroxyl groups is 1. The Hall–Kier alpha value is -3.14. The van der Waals surface area contributed by atoms with E-state index in [1.54, 1.807) is 18.2 Å². The van der Waals surface area contributed by atoms with E-state index in [9.17, 15) is 28.4 Å². The molecule has 0 radical (unpaired) electrons. The lowest BCUT2D eigenvalue weighted by Crippen LogP contribution is -2.35. The van der Waals surface area contributed by atoms with E-state index >= 15 is 0 Å². The second-order valence-corrected chi connectivity index (χ2v) is 9.89. The quantitative estimate of drug-likeness (QED) is 0.138. The zero-order valence-corrected chi connectivity index (χ0v) is 21.4. The fourth-order valence-electron chi connectivity index (χ4n) is 4.27. The Morgan fingerprint density at radius 3 is 2.03 bits per heavy atom. The van der Waals surface area contributed by atoms with Crippen LogP contribution >= 0.6 is 34.8 Å². The lowest BCUT2D eigenvalue weighted by molar-refractivity contribution is -0.384. The Kier molecular flexibility index (Phi) is 8.84. The Balaban J connectivity index is 0.000000886. The molecule has 0 amide bonds. The zero-order valence-electron chi connectivity index (χ0n) is 19.1. The standard InChI is InChI=1S/C24H19F3N2O4.CHCl3/c1-33-19-10-11-22-20(12-19)21(13-28-22)23(14-24(25,26)27,16-4-8-18(30)9-5-16)15-2-6-17(7-3-15)29(31)32;2-1(3)4/h2-13,28,30H,14H2,1H3;1H/t23-;/m0./s1. The van der Waals surface area contributed by atoms with Gasteiger partial charge in [-0.05, 0) is 47.0 Å². The number of aromatic amines is 1. The minimum atomic E-state index is -4.60. The van der Waals surface area contributed by atoms with Gasteiger partial charge < -0.3 is 14.8 Å². The van der Waals surface area contributed by atoms with Crippen molar-refractivity contribution in [3.63, 3.8) is 0 Å². The largest absolute Gasteiger partial charge is 0.508 e. The molecule has 1 aromatic heterocycles. The van der Waals surface area contributed by atoms with E-state index in [1.165, 1.54) is 61.8 Å². The molecular weight excluding hydrogens is 556 g/mol. The number of nitro benzene ring substituents is 1. The van der Waals surface area contributed by atoms with Crippen molar-refractivity contribution in [3.8, 4) is 11.5 Å². The number of hydrogen-bond donors (Lipinski definition) is 2. The monoisotopic (exact) mass is 574 g/mol. The molecule has 3 aromatic carbocycles. The predicted octanol–water partition coefficient (Wildman–Crippen LogP) is 8.06. The SMILES string of the molecule is COc1ccc2[nH]cc([C@](CC(F)(F)F)(c3ccc(O)cc3)c3ccc([N+](=O)[O-])cc3)c2c1.ClC(Cl)Cl. The van der Waals surface area contributed by atoms with Gasteiger partial charge in [-0.25, -0.2) is 0 Å². The van der Waals surface area contributed by atoms with Crippen LogP contribution in [0.4, 0.5) is 18.9 Å². The van der Waals surface area contributed by atoms with Crippen molar-refractivity contribution in [1.82, 2.24) is 4.98 Å². The molecule has 1 heterocycles. The first kappa shape index (κ1) is 28.4. The summed E-state index contributed by atoms with van der Waals surface area (Å²) in [5.74, 6) is 0.377. The summed E-state index contributed by atoms with van der Waals surface area (Å²) < 4.78 is 47.0. The number of aromatic nitrogens is 1. The third-order valence-corrected chi connectivity index (χ3v) is 5.75. The molecule has 0 bridgehead atoms. The van der Waals surface area contributed by atoms with Crippen LogP contribution in [0.15, 0.2) is 72.9 Å². The van der Waals surface area contributed by atoms with Crippen LogP contribution in [-0.2, 0) is 5.41 Å². The van der Waals surface area contributed by atoms with Crippen molar-refractivity contribution in [2.24, 2.45) is 0 Å². The molecular formula is C25H20Cl3F3N2O4. The summed E-state index contributed by atoms with van der Waals surface area (Å²) in [5, 5.41) is 21.4. The van der Waals surface area contributed by atoms with E-state index in [4.69, 9.17) is 39.5 Å². The highest BCUT2D eigenvalue weighted by atomic mass is 35.6. The molecule has 1 atom stereocenters. The average molecular weight is 576 g/mol. The summed E-state index contributed by atoms with van der Waals surface area (Å²) >= 11 is 14.4. The molecule has 0 saturated heterocycles. The van der Waals surface area contributed by atoms with Crippen molar-refractivity contribution in [2.75, 3.05) is 7.11 Å². The van der Waals surface area contributed by atoms with Gasteiger partial charge in [0.1, 0.15) is 11.5 Å². The molecule has 0 unspecified atom stereocenters. The molecule has 0 spiro atoms. The number of nitrogens with zero attached hydrogens (tertiary/aromatic N) is 1. The molecule has 6 nitrogen and oxygen atoms in total. The highest BCUT2D eigenvalue weighted by molar-refractivity contribution is 6.63. The second-order valence-electron chi connectivity index (χ2n) is 7.91. The number of ether oxygens (including phenoxy) is 1. The number of rotatable bonds is 6. The molecule has 2 N–H and O–H groups in total. The van der Waals surface area contributed by atoms with E-state index in [0.29, 0.717) is 22.2 Å². The zero-order chi connectivity index (χ0) is 27.4. The van der Waals surface area contributed by atoms with Gasteiger partial charge >= 0.3 is 6.18 Å². The minimum Gasteiger partial charge on any atom is -0.508 e. The molecule has 37 heavy (non-hydrogen) atoms. The van der Waals surface area contributed by atoms with Crippen molar-refractivity contribution >= 4 is 51.4 Å². The smallest absolute Gasteiger partial charge is 0.390 e. The van der Waals surface area contributed by atoms with Gasteiger partial charge in [0.15, 0.2) is 4.30 Å². The first-order valence-corrected chi connectivity index (χ1v) is 11.9. The number of halogens is 6. The van der Waals surface area contributed by atoms with Gasteiger partial charge in [0, 0.05) is 29.2 Å². The maximum atomic E-state index is 14.2. The summed E-state index contributed by atoms with van der Waals surface area (Å²) in [6.45, 7) is 0. The fraction of sp³-hybridized carbons (Fsp3) is 0.200. The topological polar surface area (TPSA) is 88.4 Å². The summed E-state index contributed by atoms with van der Waals surface area (Å²) in [6, 6.07) is 15.6. The van der Waals surface area contributed by atoms with Crippen LogP contribution in [0.3, 0.4) is 0 Å². The number of nitro groups is 1. The molecule has 0 aliphatic carbocycles. The van der Waals surface area contributed by atoms with Crippen LogP contribution < -0.4 is 4.74 Å². The fourth-order valence-corrected chi connectivity index (χ4v) is 4.27. The number of methoxy groups -OCH3 is 1. The Bertz CT molecular complexity index is 1360. The van der Waals surface area contributed by atoms with E-state index < -0.39 is 27.2 Å². The van der Waals surface area contributed by atoms with E-state index in [2.05, 4.69) is 4.98 Å². The summed E-state index contributed by atoms with van der Waals surface area (Å²) in [5.41, 5.74) is -0.557. The number of hydrogen-bond acceptors (Lipinski definition) is 4. The number of H-pyrrole nitrogens is 1. The van der Waals surface area contributed by atoms with Crippen molar-refractivity contribution < 1.29 is 27.9 Å². The number of non-ortho nitro benzene ring substituents is 1. The molecule has 12 heteroatoms. The van der Waals surface area contributed by atoms with E-state index in [1.807, 2.05) is 0 Å². The normalized spacial score (nSPS) is 13.1. The van der Waals surface area contributed by atoms with Crippen LogP contribution in [0.25, 0.3) is 10.9 Å². The van der Waals surface area contributed by atoms with Gasteiger partial charge in [-0.15, -0.1) is 0 Å². The first-order chi connectivity index (χ1) is 17.4. The lowest BCUT2D eigenvalue weighted by Gasteiger charge is -2.36. The lowest BCUT2D eigenvalue weighted by atomic mass is 9.67. The maximum Gasteiger partial charge on any atom is 0.390 e. The minimum absolute atomic E-state index is 0.0936. The van der Waals surface area contributed by atoms with Gasteiger partial charge in [0.25, 0.3) is 5.69 Å². The highest BCUT2D eigenvalue weighted by Crippen LogP contribution is 2.49. The van der Waals surface area contributed by atoms with Crippen molar-refractivity contribution in [2.45, 2.75) is 22.3 Å². The van der Waals surface area contributed by atoms with Crippen LogP contribution in [0.1, 0.15) is 23.1 Å². The van der Waals surface area contributed by atoms with E-state index in [0.717, 1.165) is 0 Å². The van der Waals surface area contributed by atoms with Crippen LogP contribution in [-0.4, -0.2) is 32.6 Å². The summed E-state index contributed by atoms with van der Waals surface area (Å²) in [4.78, 5) is 13.6. The number of phenols is 1. The van der Waals surface area contributed by atoms with Gasteiger partial charge in [-0.2, -0.15) is 13.2 Å². The van der Waals surface area contributed by atoms with Crippen LogP contribution in [0.2, 0.25) is 0 Å². The maximum absolute atomic E-state index is 14.2. The highest BCUT2D eigenvalue weighted by Gasteiger charge is 2.47. The number of alkyl halides is 6. The molecule has 4 aromatic rings. The molecule has 0 fully saturated rings. The number of nitrogens with one attached hydrogen (secondary N) is 1. The van der Waals surface area contributed by atoms with Crippen LogP contribution in [0, 0.1) is 10.1 Å². The Morgan fingerprint density at radius 2 is 1.54 bits per heavy atom. The third kappa shape index (κ3) is 6.60. The van der Waals surface area contributed by atoms with Crippen molar-refractivity contribution in [3.05, 3.63) is 99.7 Å². The van der Waals surface area contributed by atoms with Gasteiger partial charge in [-0.3, -0.25) is 10.1 Å². The third-order valence-electron chi connectivity index (χ3n) is 5.75. The first-order valence-electron chi connectivity index (χ1n) is 10.6. The van der Waals surface area contributed by atoms with E-state index in [-0.39, 0.29) is 22.6 Å². The summed E-state index contributed by atoms with van der Waals surface area (Å²) in [6.07, 6.45) is -4.35. The molecule has 4 rings (SSSR count). The number of benzene rings is 3. The number of phenolic OH excluding ortho intramolecular Hbond substituents is 1. The van der Waals surface area contributed by atoms with Crippen molar-refractivity contribution in [1.29, 1.82) is 0 Å². The predicted molar refractivity (Wildman–Crippen MR) is 138 cm³/mol. The summed E-state index contributed by atoms with van der Waals surface area (Å²) in [7, 11) is 1.47. The molecule has 196 valence electrons. The Morgan fingerprint density at radius 1 is 1.00 bits per heavy atom. The number of fused-ring (bicyclic) bond motifs is 1.